The number of rotatable bonds is 5. The van der Waals surface area contributed by atoms with Crippen molar-refractivity contribution in [1.82, 2.24) is 10.2 Å². The smallest absolute Gasteiger partial charge is 0.259 e. The van der Waals surface area contributed by atoms with Crippen molar-refractivity contribution >= 4 is 47.3 Å². The zero-order valence-electron chi connectivity index (χ0n) is 19.8. The Balaban J connectivity index is 0.00000320. The van der Waals surface area contributed by atoms with Crippen LogP contribution in [0.3, 0.4) is 0 Å². The Hall–Kier alpha value is -3.54. The topological polar surface area (TPSA) is 135 Å². The Morgan fingerprint density at radius 1 is 1.16 bits per heavy atom. The van der Waals surface area contributed by atoms with E-state index in [1.54, 1.807) is 23.1 Å². The number of nitrogens with zero attached hydrogens (tertiary/aromatic N) is 2. The fourth-order valence-electron chi connectivity index (χ4n) is 4.72. The highest BCUT2D eigenvalue weighted by Gasteiger charge is 2.40. The molecule has 3 amide bonds. The number of fused-ring (bicyclic) bond motifs is 1. The second-order valence-corrected chi connectivity index (χ2v) is 8.98. The van der Waals surface area contributed by atoms with Crippen LogP contribution >= 0.6 is 12.4 Å². The summed E-state index contributed by atoms with van der Waals surface area (Å²) in [6.07, 6.45) is -1.53. The first-order valence-electron chi connectivity index (χ1n) is 11.8. The van der Waals surface area contributed by atoms with Crippen LogP contribution < -0.4 is 15.5 Å². The normalized spacial score (nSPS) is 19.7. The number of benzene rings is 2. The molecule has 12 heteroatoms. The SMILES string of the molecule is Cl.N=C1NCc2cc(NC(=O)[C@H](O)[C@H]3OCCN(c4ccc(F)c(C(=O)N5CCCC5)c4)C3=O)ccc21. The number of anilines is 2. The Morgan fingerprint density at radius 2 is 1.92 bits per heavy atom. The molecule has 3 aliphatic rings. The standard InChI is InChI=1S/C25H26FN5O5.ClH/c26-19-6-4-16(12-18(19)24(34)30-7-1-2-8-30)31-9-10-36-21(25(31)35)20(32)23(33)29-15-3-5-17-14(11-15)13-28-22(17)27;/h3-6,11-12,20-21,32H,1-2,7-10,13H2,(H2,27,28)(H,29,33);1H/t20-,21-;/m1./s1. The van der Waals surface area contributed by atoms with Crippen LogP contribution in [0.1, 0.15) is 34.3 Å². The van der Waals surface area contributed by atoms with Gasteiger partial charge in [-0.15, -0.1) is 12.4 Å². The summed E-state index contributed by atoms with van der Waals surface area (Å²) >= 11 is 0. The molecule has 4 N–H and O–H groups in total. The average molecular weight is 532 g/mol. The fraction of sp³-hybridized carbons (Fsp3) is 0.360. The molecule has 10 nitrogen and oxygen atoms in total. The molecular formula is C25H27ClFN5O5. The molecule has 0 unspecified atom stereocenters. The van der Waals surface area contributed by atoms with Gasteiger partial charge in [0.15, 0.2) is 12.2 Å². The van der Waals surface area contributed by atoms with Crippen molar-refractivity contribution in [1.29, 1.82) is 5.41 Å². The maximum atomic E-state index is 14.5. The first-order chi connectivity index (χ1) is 17.3. The number of likely N-dealkylation sites (tertiary alicyclic amines) is 1. The summed E-state index contributed by atoms with van der Waals surface area (Å²) in [5, 5.41) is 23.9. The van der Waals surface area contributed by atoms with Gasteiger partial charge in [0, 0.05) is 43.1 Å². The lowest BCUT2D eigenvalue weighted by atomic mass is 10.1. The van der Waals surface area contributed by atoms with Crippen LogP contribution in [0.25, 0.3) is 0 Å². The van der Waals surface area contributed by atoms with Crippen molar-refractivity contribution in [2.75, 3.05) is 36.5 Å². The van der Waals surface area contributed by atoms with Crippen molar-refractivity contribution < 1.29 is 28.6 Å². The molecule has 2 aromatic carbocycles. The second-order valence-electron chi connectivity index (χ2n) is 8.98. The molecule has 0 radical (unpaired) electrons. The van der Waals surface area contributed by atoms with Crippen molar-refractivity contribution in [3.63, 3.8) is 0 Å². The fourth-order valence-corrected chi connectivity index (χ4v) is 4.72. The van der Waals surface area contributed by atoms with Crippen molar-refractivity contribution in [3.8, 4) is 0 Å². The first-order valence-corrected chi connectivity index (χ1v) is 11.8. The molecule has 0 bridgehead atoms. The highest BCUT2D eigenvalue weighted by Crippen LogP contribution is 2.26. The Labute approximate surface area is 218 Å². The van der Waals surface area contributed by atoms with E-state index in [9.17, 15) is 23.9 Å². The maximum Gasteiger partial charge on any atom is 0.259 e. The van der Waals surface area contributed by atoms with E-state index in [1.807, 2.05) is 0 Å². The summed E-state index contributed by atoms with van der Waals surface area (Å²) in [4.78, 5) is 41.5. The predicted octanol–water partition coefficient (Wildman–Crippen LogP) is 1.64. The van der Waals surface area contributed by atoms with E-state index in [-0.39, 0.29) is 31.1 Å². The summed E-state index contributed by atoms with van der Waals surface area (Å²) < 4.78 is 19.9. The number of carbonyl (C=O) groups excluding carboxylic acids is 3. The summed E-state index contributed by atoms with van der Waals surface area (Å²) in [6.45, 7) is 1.74. The van der Waals surface area contributed by atoms with Crippen LogP contribution in [0.2, 0.25) is 0 Å². The zero-order chi connectivity index (χ0) is 25.4. The number of aliphatic hydroxyl groups excluding tert-OH is 1. The Bertz CT molecular complexity index is 1250. The van der Waals surface area contributed by atoms with E-state index in [1.165, 1.54) is 17.0 Å². The molecule has 37 heavy (non-hydrogen) atoms. The summed E-state index contributed by atoms with van der Waals surface area (Å²) in [5.74, 6) is -2.28. The van der Waals surface area contributed by atoms with Gasteiger partial charge in [0.1, 0.15) is 11.7 Å². The van der Waals surface area contributed by atoms with Crippen molar-refractivity contribution in [3.05, 3.63) is 58.9 Å². The Morgan fingerprint density at radius 3 is 2.68 bits per heavy atom. The molecule has 0 spiro atoms. The van der Waals surface area contributed by atoms with Crippen LogP contribution in [-0.4, -0.2) is 72.0 Å². The first kappa shape index (κ1) is 26.5. The van der Waals surface area contributed by atoms with Gasteiger partial charge in [-0.1, -0.05) is 0 Å². The zero-order valence-corrected chi connectivity index (χ0v) is 20.6. The van der Waals surface area contributed by atoms with E-state index in [0.717, 1.165) is 30.0 Å². The number of hydrogen-bond acceptors (Lipinski definition) is 6. The monoisotopic (exact) mass is 531 g/mol. The van der Waals surface area contributed by atoms with E-state index in [2.05, 4.69) is 10.6 Å². The number of aliphatic hydroxyl groups is 1. The number of halogens is 2. The van der Waals surface area contributed by atoms with Gasteiger partial charge in [-0.05, 0) is 54.8 Å². The van der Waals surface area contributed by atoms with Crippen molar-refractivity contribution in [2.45, 2.75) is 31.6 Å². The minimum atomic E-state index is -1.80. The number of nitrogens with one attached hydrogen (secondary N) is 3. The molecule has 0 saturated carbocycles. The number of amidine groups is 1. The van der Waals surface area contributed by atoms with Gasteiger partial charge in [-0.3, -0.25) is 19.8 Å². The lowest BCUT2D eigenvalue weighted by Gasteiger charge is -2.34. The molecule has 0 aliphatic carbocycles. The largest absolute Gasteiger partial charge is 0.380 e. The van der Waals surface area contributed by atoms with Gasteiger partial charge >= 0.3 is 0 Å². The molecule has 196 valence electrons. The van der Waals surface area contributed by atoms with Crippen molar-refractivity contribution in [2.24, 2.45) is 0 Å². The van der Waals surface area contributed by atoms with Gasteiger partial charge in [0.05, 0.1) is 12.2 Å². The Kier molecular flexibility index (Phi) is 7.76. The number of morpholine rings is 1. The molecule has 2 fully saturated rings. The second kappa shape index (κ2) is 10.8. The quantitative estimate of drug-likeness (QED) is 0.463. The van der Waals surface area contributed by atoms with Gasteiger partial charge < -0.3 is 30.3 Å². The molecule has 5 rings (SSSR count). The third kappa shape index (κ3) is 5.15. The van der Waals surface area contributed by atoms with Gasteiger partial charge in [-0.25, -0.2) is 4.39 Å². The van der Waals surface area contributed by atoms with E-state index >= 15 is 0 Å². The number of carbonyl (C=O) groups is 3. The maximum absolute atomic E-state index is 14.5. The van der Waals surface area contributed by atoms with Crippen LogP contribution in [0, 0.1) is 11.2 Å². The van der Waals surface area contributed by atoms with Gasteiger partial charge in [-0.2, -0.15) is 0 Å². The van der Waals surface area contributed by atoms with Crippen LogP contribution in [-0.2, 0) is 20.9 Å². The third-order valence-electron chi connectivity index (χ3n) is 6.66. The highest BCUT2D eigenvalue weighted by atomic mass is 35.5. The molecule has 2 atom stereocenters. The van der Waals surface area contributed by atoms with Gasteiger partial charge in [0.2, 0.25) is 0 Å². The minimum Gasteiger partial charge on any atom is -0.380 e. The molecule has 0 aromatic heterocycles. The van der Waals surface area contributed by atoms with Crippen LogP contribution in [0.5, 0.6) is 0 Å². The molecule has 3 heterocycles. The molecule has 2 saturated heterocycles. The molecule has 2 aromatic rings. The van der Waals surface area contributed by atoms with E-state index in [0.29, 0.717) is 36.8 Å². The average Bonchev–Trinajstić information content (AvgIpc) is 3.54. The third-order valence-corrected chi connectivity index (χ3v) is 6.66. The predicted molar refractivity (Wildman–Crippen MR) is 136 cm³/mol. The van der Waals surface area contributed by atoms with E-state index in [4.69, 9.17) is 10.1 Å². The molecule has 3 aliphatic heterocycles. The van der Waals surface area contributed by atoms with Gasteiger partial charge in [0.25, 0.3) is 17.7 Å². The number of ether oxygens (including phenoxy) is 1. The summed E-state index contributed by atoms with van der Waals surface area (Å²) in [5.41, 5.74) is 2.15. The number of amides is 3. The minimum absolute atomic E-state index is 0. The number of hydrogen-bond donors (Lipinski definition) is 4. The van der Waals surface area contributed by atoms with Crippen LogP contribution in [0.4, 0.5) is 15.8 Å². The summed E-state index contributed by atoms with van der Waals surface area (Å²) in [6, 6.07) is 8.86. The molecular weight excluding hydrogens is 505 g/mol. The lowest BCUT2D eigenvalue weighted by molar-refractivity contribution is -0.150. The highest BCUT2D eigenvalue weighted by molar-refractivity contribution is 6.05. The van der Waals surface area contributed by atoms with E-state index < -0.39 is 35.7 Å². The summed E-state index contributed by atoms with van der Waals surface area (Å²) in [7, 11) is 0. The lowest BCUT2D eigenvalue weighted by Crippen LogP contribution is -2.55. The van der Waals surface area contributed by atoms with Crippen LogP contribution in [0.15, 0.2) is 36.4 Å².